The van der Waals surface area contributed by atoms with Crippen molar-refractivity contribution in [2.24, 2.45) is 0 Å². The van der Waals surface area contributed by atoms with Crippen LogP contribution in [0.25, 0.3) is 5.69 Å². The van der Waals surface area contributed by atoms with E-state index in [4.69, 9.17) is 21.9 Å². The Labute approximate surface area is 247 Å². The molecule has 1 saturated heterocycles. The van der Waals surface area contributed by atoms with Gasteiger partial charge in [-0.1, -0.05) is 38.1 Å². The number of rotatable bonds is 8. The van der Waals surface area contributed by atoms with Crippen LogP contribution in [-0.4, -0.2) is 27.7 Å². The second-order valence-corrected chi connectivity index (χ2v) is 10.8. The first-order chi connectivity index (χ1) is 19.8. The number of nitrogens with one attached hydrogen (secondary N) is 2. The monoisotopic (exact) mass is 567 g/mol. The Bertz CT molecular complexity index is 1600. The first kappa shape index (κ1) is 28.4. The molecule has 2 N–H and O–H groups in total. The molecule has 8 heteroatoms. The predicted octanol–water partition coefficient (Wildman–Crippen LogP) is 6.89. The Balaban J connectivity index is 1.68. The second-order valence-electron chi connectivity index (χ2n) is 10.4. The summed E-state index contributed by atoms with van der Waals surface area (Å²) in [6.07, 6.45) is 3.15. The third kappa shape index (κ3) is 5.20. The molecule has 0 aliphatic carbocycles. The summed E-state index contributed by atoms with van der Waals surface area (Å²) in [4.78, 5) is 19.0. The van der Waals surface area contributed by atoms with Crippen LogP contribution in [0.4, 0.5) is 11.4 Å². The van der Waals surface area contributed by atoms with Gasteiger partial charge in [-0.2, -0.15) is 0 Å². The van der Waals surface area contributed by atoms with E-state index in [1.54, 1.807) is 7.11 Å². The number of carbonyl (C=O) groups excluding carboxylic acids is 1. The highest BCUT2D eigenvalue weighted by molar-refractivity contribution is 7.80. The van der Waals surface area contributed by atoms with Crippen molar-refractivity contribution in [2.75, 3.05) is 17.3 Å². The summed E-state index contributed by atoms with van der Waals surface area (Å²) in [5.41, 5.74) is 9.69. The molecule has 2 aromatic heterocycles. The number of amides is 1. The van der Waals surface area contributed by atoms with Gasteiger partial charge in [0.05, 0.1) is 36.3 Å². The zero-order valence-corrected chi connectivity index (χ0v) is 25.3. The highest BCUT2D eigenvalue weighted by Gasteiger charge is 2.42. The SMILES string of the molecule is CCC(=O)Nc1ccc(N2C(=S)N[C@@H](c3ccccn3)[C@H]2c2cc(C)n(-c3c(C)cccc3CC)c2C)cc1OC. The number of carbonyl (C=O) groups is 1. The van der Waals surface area contributed by atoms with Crippen molar-refractivity contribution in [1.29, 1.82) is 0 Å². The molecule has 5 rings (SSSR count). The number of hydrogen-bond acceptors (Lipinski definition) is 4. The average molecular weight is 568 g/mol. The Hall–Kier alpha value is -4.17. The molecule has 41 heavy (non-hydrogen) atoms. The number of pyridine rings is 1. The standard InChI is InChI=1S/C33H37N5O2S/c1-7-23-13-11-12-20(3)31(23)37-21(4)18-25(22(37)5)32-30(27-14-9-10-17-34-27)36-33(41)38(32)24-15-16-26(28(19-24)40-6)35-29(39)8-2/h9-19,30,32H,7-8H2,1-6H3,(H,35,39)(H,36,41)/t30-,32+/m0/s1. The Morgan fingerprint density at radius 1 is 1.07 bits per heavy atom. The minimum absolute atomic E-state index is 0.0717. The third-order valence-electron chi connectivity index (χ3n) is 7.87. The first-order valence-corrected chi connectivity index (χ1v) is 14.5. The van der Waals surface area contributed by atoms with Crippen molar-refractivity contribution in [1.82, 2.24) is 14.9 Å². The number of benzene rings is 2. The van der Waals surface area contributed by atoms with Crippen LogP contribution < -0.4 is 20.3 Å². The summed E-state index contributed by atoms with van der Waals surface area (Å²) >= 11 is 5.98. The van der Waals surface area contributed by atoms with Crippen molar-refractivity contribution in [2.45, 2.75) is 59.5 Å². The number of para-hydroxylation sites is 1. The molecule has 7 nitrogen and oxygen atoms in total. The maximum Gasteiger partial charge on any atom is 0.224 e. The highest BCUT2D eigenvalue weighted by Crippen LogP contribution is 2.45. The van der Waals surface area contributed by atoms with Gasteiger partial charge in [-0.3, -0.25) is 9.78 Å². The third-order valence-corrected chi connectivity index (χ3v) is 8.19. The van der Waals surface area contributed by atoms with Crippen LogP contribution in [-0.2, 0) is 11.2 Å². The van der Waals surface area contributed by atoms with Crippen LogP contribution in [0.15, 0.2) is 66.9 Å². The lowest BCUT2D eigenvalue weighted by atomic mass is 9.96. The Kier molecular flexibility index (Phi) is 8.13. The molecule has 0 bridgehead atoms. The molecule has 1 fully saturated rings. The van der Waals surface area contributed by atoms with E-state index in [9.17, 15) is 4.79 Å². The topological polar surface area (TPSA) is 71.4 Å². The number of thiocarbonyl (C=S) groups is 1. The largest absolute Gasteiger partial charge is 0.494 e. The van der Waals surface area contributed by atoms with Gasteiger partial charge in [-0.15, -0.1) is 0 Å². The summed E-state index contributed by atoms with van der Waals surface area (Å²) < 4.78 is 8.08. The van der Waals surface area contributed by atoms with Gasteiger partial charge in [0.25, 0.3) is 0 Å². The molecule has 0 radical (unpaired) electrons. The zero-order valence-electron chi connectivity index (χ0n) is 24.5. The molecular formula is C33H37N5O2S. The van der Waals surface area contributed by atoms with Gasteiger partial charge in [0.15, 0.2) is 5.11 Å². The zero-order chi connectivity index (χ0) is 29.3. The van der Waals surface area contributed by atoms with Crippen LogP contribution in [0, 0.1) is 20.8 Å². The number of ether oxygens (including phenoxy) is 1. The summed E-state index contributed by atoms with van der Waals surface area (Å²) in [6.45, 7) is 10.5. The minimum Gasteiger partial charge on any atom is -0.494 e. The summed E-state index contributed by atoms with van der Waals surface area (Å²) in [5, 5.41) is 7.10. The smallest absolute Gasteiger partial charge is 0.224 e. The predicted molar refractivity (Wildman–Crippen MR) is 169 cm³/mol. The number of methoxy groups -OCH3 is 1. The number of nitrogens with zero attached hydrogens (tertiary/aromatic N) is 3. The van der Waals surface area contributed by atoms with Crippen molar-refractivity contribution in [3.63, 3.8) is 0 Å². The van der Waals surface area contributed by atoms with E-state index < -0.39 is 0 Å². The molecule has 0 saturated carbocycles. The second kappa shape index (κ2) is 11.7. The molecule has 2 aromatic carbocycles. The fourth-order valence-corrected chi connectivity index (χ4v) is 6.22. The van der Waals surface area contributed by atoms with Gasteiger partial charge in [-0.25, -0.2) is 0 Å². The molecule has 1 amide bonds. The van der Waals surface area contributed by atoms with Crippen molar-refractivity contribution >= 4 is 34.6 Å². The molecule has 3 heterocycles. The highest BCUT2D eigenvalue weighted by atomic mass is 32.1. The van der Waals surface area contributed by atoms with Crippen molar-refractivity contribution in [3.8, 4) is 11.4 Å². The van der Waals surface area contributed by atoms with Gasteiger partial charge in [0.1, 0.15) is 5.75 Å². The number of anilines is 2. The molecule has 0 unspecified atom stereocenters. The summed E-state index contributed by atoms with van der Waals surface area (Å²) in [6, 6.07) is 20.2. The maximum absolute atomic E-state index is 12.1. The van der Waals surface area contributed by atoms with Crippen LogP contribution in [0.3, 0.4) is 0 Å². The fourth-order valence-electron chi connectivity index (χ4n) is 5.88. The van der Waals surface area contributed by atoms with Crippen molar-refractivity contribution in [3.05, 3.63) is 101 Å². The molecule has 1 aliphatic heterocycles. The Morgan fingerprint density at radius 2 is 1.88 bits per heavy atom. The number of aryl methyl sites for hydroxylation is 3. The van der Waals surface area contributed by atoms with E-state index in [2.05, 4.69) is 72.1 Å². The summed E-state index contributed by atoms with van der Waals surface area (Å²) in [7, 11) is 1.61. The van der Waals surface area contributed by atoms with Crippen molar-refractivity contribution < 1.29 is 9.53 Å². The van der Waals surface area contributed by atoms with E-state index in [0.717, 1.165) is 34.8 Å². The maximum atomic E-state index is 12.1. The number of aromatic nitrogens is 2. The number of hydrogen-bond donors (Lipinski definition) is 2. The fraction of sp³-hybridized carbons (Fsp3) is 0.303. The van der Waals surface area contributed by atoms with E-state index >= 15 is 0 Å². The normalized spacial score (nSPS) is 16.5. The van der Waals surface area contributed by atoms with E-state index in [1.807, 2.05) is 49.5 Å². The first-order valence-electron chi connectivity index (χ1n) is 14.0. The van der Waals surface area contributed by atoms with Crippen LogP contribution in [0.1, 0.15) is 66.1 Å². The van der Waals surface area contributed by atoms with Gasteiger partial charge < -0.3 is 24.8 Å². The van der Waals surface area contributed by atoms with E-state index in [-0.39, 0.29) is 18.0 Å². The molecule has 2 atom stereocenters. The summed E-state index contributed by atoms with van der Waals surface area (Å²) in [5.74, 6) is 0.503. The molecule has 4 aromatic rings. The lowest BCUT2D eigenvalue weighted by Crippen LogP contribution is -2.29. The lowest BCUT2D eigenvalue weighted by Gasteiger charge is -2.29. The van der Waals surface area contributed by atoms with Gasteiger partial charge >= 0.3 is 0 Å². The van der Waals surface area contributed by atoms with Gasteiger partial charge in [0, 0.05) is 35.8 Å². The Morgan fingerprint density at radius 3 is 2.56 bits per heavy atom. The van der Waals surface area contributed by atoms with Crippen LogP contribution in [0.5, 0.6) is 5.75 Å². The molecule has 1 aliphatic rings. The quantitative estimate of drug-likeness (QED) is 0.226. The lowest BCUT2D eigenvalue weighted by molar-refractivity contribution is -0.115. The van der Waals surface area contributed by atoms with Crippen LogP contribution in [0.2, 0.25) is 0 Å². The van der Waals surface area contributed by atoms with Gasteiger partial charge in [0.2, 0.25) is 5.91 Å². The average Bonchev–Trinajstić information content (AvgIpc) is 3.48. The molecule has 212 valence electrons. The van der Waals surface area contributed by atoms with E-state index in [0.29, 0.717) is 23.0 Å². The minimum atomic E-state index is -0.175. The van der Waals surface area contributed by atoms with Crippen LogP contribution >= 0.6 is 12.2 Å². The van der Waals surface area contributed by atoms with E-state index in [1.165, 1.54) is 16.8 Å². The molecule has 0 spiro atoms. The van der Waals surface area contributed by atoms with Gasteiger partial charge in [-0.05, 0) is 86.4 Å². The molecular weight excluding hydrogens is 530 g/mol.